The molecule has 1 aromatic heterocycles. The standard InChI is InChI=1S/C14H21NO2/c1-11-4-5-12(15-10-11)8-13(16)9-14(17-2)6-3-7-14/h4-5,10,13,16H,3,6-9H2,1-2H3. The summed E-state index contributed by atoms with van der Waals surface area (Å²) in [5, 5.41) is 10.1. The molecule has 1 atom stereocenters. The van der Waals surface area contributed by atoms with Crippen LogP contribution >= 0.6 is 0 Å². The third-order valence-electron chi connectivity index (χ3n) is 3.72. The van der Waals surface area contributed by atoms with Gasteiger partial charge in [0.15, 0.2) is 0 Å². The van der Waals surface area contributed by atoms with Gasteiger partial charge in [0.1, 0.15) is 0 Å². The van der Waals surface area contributed by atoms with Crippen molar-refractivity contribution in [3.63, 3.8) is 0 Å². The summed E-state index contributed by atoms with van der Waals surface area (Å²) < 4.78 is 5.52. The fourth-order valence-electron chi connectivity index (χ4n) is 2.42. The molecule has 17 heavy (non-hydrogen) atoms. The van der Waals surface area contributed by atoms with E-state index < -0.39 is 0 Å². The Morgan fingerprint density at radius 2 is 2.24 bits per heavy atom. The molecule has 0 saturated heterocycles. The highest BCUT2D eigenvalue weighted by Crippen LogP contribution is 2.39. The van der Waals surface area contributed by atoms with Gasteiger partial charge in [-0.3, -0.25) is 4.98 Å². The van der Waals surface area contributed by atoms with Gasteiger partial charge in [0.2, 0.25) is 0 Å². The molecule has 0 amide bonds. The van der Waals surface area contributed by atoms with Gasteiger partial charge >= 0.3 is 0 Å². The number of hydrogen-bond donors (Lipinski definition) is 1. The molecule has 2 rings (SSSR count). The molecule has 3 heteroatoms. The third-order valence-corrected chi connectivity index (χ3v) is 3.72. The van der Waals surface area contributed by atoms with Gasteiger partial charge in [-0.05, 0) is 37.8 Å². The summed E-state index contributed by atoms with van der Waals surface area (Å²) >= 11 is 0. The number of aliphatic hydroxyl groups is 1. The SMILES string of the molecule is COC1(CC(O)Cc2ccc(C)cn2)CCC1. The van der Waals surface area contributed by atoms with Gasteiger partial charge in [-0.1, -0.05) is 6.07 Å². The summed E-state index contributed by atoms with van der Waals surface area (Å²) in [6.45, 7) is 2.02. The van der Waals surface area contributed by atoms with Crippen LogP contribution < -0.4 is 0 Å². The highest BCUT2D eigenvalue weighted by Gasteiger charge is 2.38. The number of aliphatic hydroxyl groups excluding tert-OH is 1. The van der Waals surface area contributed by atoms with Crippen LogP contribution in [-0.2, 0) is 11.2 Å². The van der Waals surface area contributed by atoms with Crippen molar-refractivity contribution >= 4 is 0 Å². The van der Waals surface area contributed by atoms with Gasteiger partial charge in [-0.15, -0.1) is 0 Å². The van der Waals surface area contributed by atoms with E-state index >= 15 is 0 Å². The topological polar surface area (TPSA) is 42.4 Å². The van der Waals surface area contributed by atoms with Crippen LogP contribution in [0.3, 0.4) is 0 Å². The minimum absolute atomic E-state index is 0.0654. The molecule has 1 unspecified atom stereocenters. The molecule has 0 aliphatic heterocycles. The molecule has 1 aliphatic carbocycles. The van der Waals surface area contributed by atoms with E-state index in [4.69, 9.17) is 4.74 Å². The molecule has 94 valence electrons. The Bertz CT molecular complexity index is 351. The largest absolute Gasteiger partial charge is 0.393 e. The molecule has 0 bridgehead atoms. The van der Waals surface area contributed by atoms with Crippen molar-refractivity contribution in [2.75, 3.05) is 7.11 Å². The normalized spacial score (nSPS) is 19.7. The smallest absolute Gasteiger partial charge is 0.0703 e. The van der Waals surface area contributed by atoms with Gasteiger partial charge in [0.05, 0.1) is 11.7 Å². The van der Waals surface area contributed by atoms with Crippen molar-refractivity contribution in [3.05, 3.63) is 29.6 Å². The molecule has 1 N–H and O–H groups in total. The van der Waals surface area contributed by atoms with Crippen LogP contribution in [0.15, 0.2) is 18.3 Å². The third kappa shape index (κ3) is 3.05. The van der Waals surface area contributed by atoms with E-state index in [0.29, 0.717) is 6.42 Å². The molecule has 1 saturated carbocycles. The summed E-state index contributed by atoms with van der Waals surface area (Å²) in [5.74, 6) is 0. The number of methoxy groups -OCH3 is 1. The molecule has 0 radical (unpaired) electrons. The van der Waals surface area contributed by atoms with E-state index in [-0.39, 0.29) is 11.7 Å². The molecule has 3 nitrogen and oxygen atoms in total. The van der Waals surface area contributed by atoms with E-state index in [1.807, 2.05) is 25.3 Å². The lowest BCUT2D eigenvalue weighted by Gasteiger charge is -2.41. The number of pyridine rings is 1. The zero-order chi connectivity index (χ0) is 12.3. The number of hydrogen-bond acceptors (Lipinski definition) is 3. The van der Waals surface area contributed by atoms with Crippen molar-refractivity contribution in [3.8, 4) is 0 Å². The van der Waals surface area contributed by atoms with Crippen LogP contribution in [0.2, 0.25) is 0 Å². The van der Waals surface area contributed by atoms with Crippen LogP contribution in [0.25, 0.3) is 0 Å². The zero-order valence-electron chi connectivity index (χ0n) is 10.6. The molecular formula is C14H21NO2. The number of aryl methyl sites for hydroxylation is 1. The first-order chi connectivity index (χ1) is 8.13. The number of aromatic nitrogens is 1. The van der Waals surface area contributed by atoms with Crippen molar-refractivity contribution in [2.24, 2.45) is 0 Å². The maximum Gasteiger partial charge on any atom is 0.0703 e. The maximum atomic E-state index is 10.1. The van der Waals surface area contributed by atoms with Crippen molar-refractivity contribution in [1.29, 1.82) is 0 Å². The molecular weight excluding hydrogens is 214 g/mol. The van der Waals surface area contributed by atoms with Gasteiger partial charge in [0, 0.05) is 31.8 Å². The lowest BCUT2D eigenvalue weighted by atomic mass is 9.75. The quantitative estimate of drug-likeness (QED) is 0.851. The van der Waals surface area contributed by atoms with Gasteiger partial charge in [0.25, 0.3) is 0 Å². The molecule has 0 aromatic carbocycles. The van der Waals surface area contributed by atoms with Crippen LogP contribution in [-0.4, -0.2) is 28.9 Å². The summed E-state index contributed by atoms with van der Waals surface area (Å²) in [6, 6.07) is 4.02. The Morgan fingerprint density at radius 3 is 2.71 bits per heavy atom. The average molecular weight is 235 g/mol. The Kier molecular flexibility index (Phi) is 3.79. The Balaban J connectivity index is 1.88. The van der Waals surface area contributed by atoms with E-state index in [2.05, 4.69) is 4.98 Å². The van der Waals surface area contributed by atoms with Crippen LogP contribution in [0.5, 0.6) is 0 Å². The summed E-state index contributed by atoms with van der Waals surface area (Å²) in [7, 11) is 1.75. The predicted molar refractivity (Wildman–Crippen MR) is 66.9 cm³/mol. The molecule has 1 aliphatic rings. The Morgan fingerprint density at radius 1 is 1.47 bits per heavy atom. The fraction of sp³-hybridized carbons (Fsp3) is 0.643. The van der Waals surface area contributed by atoms with E-state index in [9.17, 15) is 5.11 Å². The molecule has 1 aromatic rings. The maximum absolute atomic E-state index is 10.1. The van der Waals surface area contributed by atoms with Gasteiger partial charge < -0.3 is 9.84 Å². The Labute approximate surface area is 103 Å². The second kappa shape index (κ2) is 5.15. The fourth-order valence-corrected chi connectivity index (χ4v) is 2.42. The van der Waals surface area contributed by atoms with Crippen molar-refractivity contribution < 1.29 is 9.84 Å². The highest BCUT2D eigenvalue weighted by molar-refractivity contribution is 5.13. The molecule has 0 spiro atoms. The summed E-state index contributed by atoms with van der Waals surface area (Å²) in [6.07, 6.45) is 6.18. The average Bonchev–Trinajstić information content (AvgIpc) is 2.27. The van der Waals surface area contributed by atoms with Crippen molar-refractivity contribution in [2.45, 2.75) is 50.7 Å². The summed E-state index contributed by atoms with van der Waals surface area (Å²) in [5.41, 5.74) is 2.04. The van der Waals surface area contributed by atoms with Crippen LogP contribution in [0.4, 0.5) is 0 Å². The molecule has 1 fully saturated rings. The number of rotatable bonds is 5. The minimum atomic E-state index is -0.356. The van der Waals surface area contributed by atoms with Gasteiger partial charge in [-0.25, -0.2) is 0 Å². The van der Waals surface area contributed by atoms with Crippen molar-refractivity contribution in [1.82, 2.24) is 4.98 Å². The number of nitrogens with zero attached hydrogens (tertiary/aromatic N) is 1. The van der Waals surface area contributed by atoms with Gasteiger partial charge in [-0.2, -0.15) is 0 Å². The lowest BCUT2D eigenvalue weighted by molar-refractivity contribution is -0.0990. The zero-order valence-corrected chi connectivity index (χ0v) is 10.6. The monoisotopic (exact) mass is 235 g/mol. The van der Waals surface area contributed by atoms with E-state index in [1.54, 1.807) is 7.11 Å². The highest BCUT2D eigenvalue weighted by atomic mass is 16.5. The first kappa shape index (κ1) is 12.5. The second-order valence-electron chi connectivity index (χ2n) is 5.13. The first-order valence-corrected chi connectivity index (χ1v) is 6.28. The van der Waals surface area contributed by atoms with E-state index in [1.165, 1.54) is 6.42 Å². The first-order valence-electron chi connectivity index (χ1n) is 6.28. The predicted octanol–water partition coefficient (Wildman–Crippen LogP) is 2.25. The number of ether oxygens (including phenoxy) is 1. The lowest BCUT2D eigenvalue weighted by Crippen LogP contribution is -2.42. The van der Waals surface area contributed by atoms with Crippen LogP contribution in [0, 0.1) is 6.92 Å². The van der Waals surface area contributed by atoms with E-state index in [0.717, 1.165) is 30.5 Å². The van der Waals surface area contributed by atoms with Crippen LogP contribution in [0.1, 0.15) is 36.9 Å². The second-order valence-corrected chi connectivity index (χ2v) is 5.13. The minimum Gasteiger partial charge on any atom is -0.393 e. The Hall–Kier alpha value is -0.930. The molecule has 1 heterocycles. The summed E-state index contributed by atoms with van der Waals surface area (Å²) in [4.78, 5) is 4.32.